The summed E-state index contributed by atoms with van der Waals surface area (Å²) < 4.78 is 34.1. The summed E-state index contributed by atoms with van der Waals surface area (Å²) in [7, 11) is 0. The van der Waals surface area contributed by atoms with E-state index >= 15 is 0 Å². The van der Waals surface area contributed by atoms with E-state index in [1.54, 1.807) is 30.3 Å². The first-order chi connectivity index (χ1) is 15.4. The lowest BCUT2D eigenvalue weighted by Gasteiger charge is -2.17. The lowest BCUT2D eigenvalue weighted by atomic mass is 10.1. The van der Waals surface area contributed by atoms with E-state index in [0.717, 1.165) is 21.9 Å². The van der Waals surface area contributed by atoms with E-state index in [9.17, 15) is 23.5 Å². The second-order valence-corrected chi connectivity index (χ2v) is 8.44. The van der Waals surface area contributed by atoms with Crippen molar-refractivity contribution in [2.75, 3.05) is 5.75 Å². The predicted molar refractivity (Wildman–Crippen MR) is 114 cm³/mol. The van der Waals surface area contributed by atoms with Gasteiger partial charge in [0.15, 0.2) is 11.9 Å². The first-order valence-corrected chi connectivity index (χ1v) is 10.8. The number of amides is 1. The molecule has 3 heterocycles. The number of aliphatic carboxylic acids is 1. The number of ether oxygens (including phenoxy) is 1. The van der Waals surface area contributed by atoms with E-state index in [1.165, 1.54) is 6.07 Å². The predicted octanol–water partition coefficient (Wildman–Crippen LogP) is 3.46. The van der Waals surface area contributed by atoms with Crippen LogP contribution in [0, 0.1) is 0 Å². The summed E-state index contributed by atoms with van der Waals surface area (Å²) in [4.78, 5) is 29.3. The lowest BCUT2D eigenvalue weighted by molar-refractivity contribution is -0.133. The fourth-order valence-corrected chi connectivity index (χ4v) is 5.27. The number of carboxylic acids is 1. The van der Waals surface area contributed by atoms with E-state index in [1.807, 2.05) is 12.1 Å². The van der Waals surface area contributed by atoms with Crippen LogP contribution in [0.5, 0.6) is 5.75 Å². The Morgan fingerprint density at radius 1 is 1.19 bits per heavy atom. The lowest BCUT2D eigenvalue weighted by Crippen LogP contribution is -2.45. The zero-order valence-electron chi connectivity index (χ0n) is 16.5. The Bertz CT molecular complexity index is 1250. The van der Waals surface area contributed by atoms with Gasteiger partial charge in [-0.15, -0.1) is 11.8 Å². The summed E-state index contributed by atoms with van der Waals surface area (Å²) in [6.07, 6.45) is -0.399. The van der Waals surface area contributed by atoms with Crippen LogP contribution >= 0.6 is 11.8 Å². The van der Waals surface area contributed by atoms with Gasteiger partial charge in [0.05, 0.1) is 27.6 Å². The van der Waals surface area contributed by atoms with E-state index in [4.69, 9.17) is 4.74 Å². The molecule has 2 N–H and O–H groups in total. The number of nitrogens with one attached hydrogen (secondary N) is 1. The van der Waals surface area contributed by atoms with Gasteiger partial charge in [-0.1, -0.05) is 30.3 Å². The molecule has 0 bridgehead atoms. The average molecular weight is 457 g/mol. The Labute approximate surface area is 185 Å². The summed E-state index contributed by atoms with van der Waals surface area (Å²) >= 11 is 1.09. The number of carbonyl (C=O) groups excluding carboxylic acids is 1. The molecular formula is C22H17F2N3O4S. The van der Waals surface area contributed by atoms with Crippen molar-refractivity contribution in [3.05, 3.63) is 65.5 Å². The molecule has 164 valence electrons. The molecule has 2 aromatic carbocycles. The van der Waals surface area contributed by atoms with Crippen LogP contribution < -0.4 is 10.1 Å². The van der Waals surface area contributed by atoms with Gasteiger partial charge in [-0.25, -0.2) is 9.78 Å². The van der Waals surface area contributed by atoms with E-state index in [-0.39, 0.29) is 27.6 Å². The quantitative estimate of drug-likeness (QED) is 0.610. The Balaban J connectivity index is 1.46. The molecule has 1 amide bonds. The molecule has 2 unspecified atom stereocenters. The molecule has 32 heavy (non-hydrogen) atoms. The fourth-order valence-electron chi connectivity index (χ4n) is 4.03. The second kappa shape index (κ2) is 7.94. The molecule has 5 rings (SSSR count). The topological polar surface area (TPSA) is 93.5 Å². The number of fused-ring (bicyclic) bond motifs is 2. The zero-order chi connectivity index (χ0) is 22.4. The van der Waals surface area contributed by atoms with Crippen molar-refractivity contribution in [1.29, 1.82) is 0 Å². The molecule has 7 nitrogen and oxygen atoms in total. The largest absolute Gasteiger partial charge is 0.480 e. The SMILES string of the molecule is O=C(O)C1=C(c2nc3ccccc3n2C(F)F)SCC1NC(=O)C1Cc2ccccc2O1. The van der Waals surface area contributed by atoms with Crippen LogP contribution in [-0.2, 0) is 16.0 Å². The second-order valence-electron chi connectivity index (χ2n) is 7.41. The number of carbonyl (C=O) groups is 2. The van der Waals surface area contributed by atoms with E-state index < -0.39 is 30.6 Å². The number of imidazole rings is 1. The van der Waals surface area contributed by atoms with Gasteiger partial charge in [0.2, 0.25) is 0 Å². The first kappa shape index (κ1) is 20.5. The van der Waals surface area contributed by atoms with Crippen LogP contribution in [0.3, 0.4) is 0 Å². The van der Waals surface area contributed by atoms with Crippen LogP contribution in [0.1, 0.15) is 17.9 Å². The summed E-state index contributed by atoms with van der Waals surface area (Å²) in [6, 6.07) is 12.8. The van der Waals surface area contributed by atoms with E-state index in [0.29, 0.717) is 17.7 Å². The van der Waals surface area contributed by atoms with Crippen molar-refractivity contribution >= 4 is 39.6 Å². The summed E-state index contributed by atoms with van der Waals surface area (Å²) in [5, 5.41) is 12.6. The maximum atomic E-state index is 13.9. The number of para-hydroxylation sites is 3. The smallest absolute Gasteiger partial charge is 0.334 e. The van der Waals surface area contributed by atoms with Crippen molar-refractivity contribution in [1.82, 2.24) is 14.9 Å². The van der Waals surface area contributed by atoms with Gasteiger partial charge in [-0.05, 0) is 23.8 Å². The summed E-state index contributed by atoms with van der Waals surface area (Å²) in [5.74, 6) is -1.05. The summed E-state index contributed by atoms with van der Waals surface area (Å²) in [6.45, 7) is -2.90. The first-order valence-electron chi connectivity index (χ1n) is 9.84. The number of nitrogens with zero attached hydrogens (tertiary/aromatic N) is 2. The molecule has 10 heteroatoms. The third kappa shape index (κ3) is 3.40. The fraction of sp³-hybridized carbons (Fsp3) is 0.227. The molecule has 3 aromatic rings. The number of benzene rings is 2. The van der Waals surface area contributed by atoms with Crippen molar-refractivity contribution in [3.8, 4) is 5.75 Å². The molecule has 0 aliphatic carbocycles. The maximum absolute atomic E-state index is 13.9. The van der Waals surface area contributed by atoms with Crippen LogP contribution in [0.2, 0.25) is 0 Å². The number of aromatic nitrogens is 2. The number of halogens is 2. The Kier molecular flexibility index (Phi) is 5.09. The molecule has 0 radical (unpaired) electrons. The number of thioether (sulfide) groups is 1. The van der Waals surface area contributed by atoms with E-state index in [2.05, 4.69) is 10.3 Å². The van der Waals surface area contributed by atoms with Crippen LogP contribution in [-0.4, -0.2) is 44.4 Å². The van der Waals surface area contributed by atoms with Crippen LogP contribution in [0.15, 0.2) is 54.1 Å². The van der Waals surface area contributed by atoms with Crippen LogP contribution in [0.25, 0.3) is 15.9 Å². The highest BCUT2D eigenvalue weighted by Crippen LogP contribution is 2.41. The standard InChI is InChI=1S/C22H17F2N3O4S/c23-22(24)27-14-7-3-2-6-12(14)25-19(27)18-17(21(29)30)13(10-32-18)26-20(28)16-9-11-5-1-4-8-15(11)31-16/h1-8,13,16,22H,9-10H2,(H,26,28)(H,29,30). The Hall–Kier alpha value is -3.40. The van der Waals surface area contributed by atoms with Gasteiger partial charge in [0.25, 0.3) is 5.91 Å². The van der Waals surface area contributed by atoms with Crippen molar-refractivity contribution in [2.45, 2.75) is 25.1 Å². The Morgan fingerprint density at radius 3 is 2.69 bits per heavy atom. The minimum atomic E-state index is -2.90. The van der Waals surface area contributed by atoms with Gasteiger partial charge in [0, 0.05) is 12.2 Å². The molecule has 2 aliphatic heterocycles. The highest BCUT2D eigenvalue weighted by molar-refractivity contribution is 8.08. The minimum absolute atomic E-state index is 0.120. The summed E-state index contributed by atoms with van der Waals surface area (Å²) in [5.41, 5.74) is 1.29. The van der Waals surface area contributed by atoms with Crippen molar-refractivity contribution in [2.24, 2.45) is 0 Å². The maximum Gasteiger partial charge on any atom is 0.334 e. The third-order valence-electron chi connectivity index (χ3n) is 5.47. The monoisotopic (exact) mass is 457 g/mol. The molecule has 1 aromatic heterocycles. The zero-order valence-corrected chi connectivity index (χ0v) is 17.3. The molecule has 0 fully saturated rings. The van der Waals surface area contributed by atoms with Gasteiger partial charge in [-0.2, -0.15) is 8.78 Å². The highest BCUT2D eigenvalue weighted by Gasteiger charge is 2.38. The average Bonchev–Trinajstić information content (AvgIpc) is 3.47. The van der Waals surface area contributed by atoms with Crippen molar-refractivity contribution < 1.29 is 28.2 Å². The molecule has 2 atom stereocenters. The number of hydrogen-bond donors (Lipinski definition) is 2. The van der Waals surface area contributed by atoms with Gasteiger partial charge in [0.1, 0.15) is 5.75 Å². The van der Waals surface area contributed by atoms with Crippen molar-refractivity contribution in [3.63, 3.8) is 0 Å². The normalized spacial score (nSPS) is 20.0. The Morgan fingerprint density at radius 2 is 1.94 bits per heavy atom. The third-order valence-corrected chi connectivity index (χ3v) is 6.66. The van der Waals surface area contributed by atoms with Gasteiger partial charge >= 0.3 is 12.5 Å². The molecule has 0 saturated heterocycles. The minimum Gasteiger partial charge on any atom is -0.480 e. The number of carboxylic acid groups (broad SMARTS) is 1. The van der Waals surface area contributed by atoms with Gasteiger partial charge in [-0.3, -0.25) is 9.36 Å². The number of hydrogen-bond acceptors (Lipinski definition) is 5. The highest BCUT2D eigenvalue weighted by atomic mass is 32.2. The number of alkyl halides is 2. The van der Waals surface area contributed by atoms with Crippen LogP contribution in [0.4, 0.5) is 8.78 Å². The molecule has 0 saturated carbocycles. The number of rotatable bonds is 5. The molecular weight excluding hydrogens is 440 g/mol. The molecule has 0 spiro atoms. The molecule has 2 aliphatic rings. The van der Waals surface area contributed by atoms with Gasteiger partial charge < -0.3 is 15.2 Å².